The third-order valence-corrected chi connectivity index (χ3v) is 4.60. The van der Waals surface area contributed by atoms with Crippen molar-refractivity contribution in [3.05, 3.63) is 59.7 Å². The summed E-state index contributed by atoms with van der Waals surface area (Å²) in [6.45, 7) is 3.68. The summed E-state index contributed by atoms with van der Waals surface area (Å²) in [7, 11) is 0. The molecule has 0 bridgehead atoms. The minimum Gasteiger partial charge on any atom is -0.381 e. The Kier molecular flexibility index (Phi) is 4.97. The van der Waals surface area contributed by atoms with Gasteiger partial charge < -0.3 is 15.8 Å². The highest BCUT2D eigenvalue weighted by atomic mass is 16.5. The lowest BCUT2D eigenvalue weighted by molar-refractivity contribution is -0.129. The van der Waals surface area contributed by atoms with Gasteiger partial charge >= 0.3 is 0 Å². The summed E-state index contributed by atoms with van der Waals surface area (Å²) in [4.78, 5) is 12.3. The van der Waals surface area contributed by atoms with Crippen LogP contribution >= 0.6 is 0 Å². The smallest absolute Gasteiger partial charge is 0.240 e. The molecule has 1 aliphatic rings. The second kappa shape index (κ2) is 7.16. The summed E-state index contributed by atoms with van der Waals surface area (Å²) in [6.07, 6.45) is 1.15. The van der Waals surface area contributed by atoms with Crippen molar-refractivity contribution in [1.82, 2.24) is 5.32 Å². The maximum absolute atomic E-state index is 12.3. The van der Waals surface area contributed by atoms with Crippen molar-refractivity contribution < 1.29 is 9.53 Å². The minimum atomic E-state index is -0.792. The van der Waals surface area contributed by atoms with Gasteiger partial charge in [0.2, 0.25) is 5.91 Å². The Bertz CT molecular complexity index is 704. The zero-order chi connectivity index (χ0) is 17.0. The van der Waals surface area contributed by atoms with Crippen LogP contribution in [0.5, 0.6) is 0 Å². The van der Waals surface area contributed by atoms with Crippen molar-refractivity contribution in [3.63, 3.8) is 0 Å². The molecule has 3 N–H and O–H groups in total. The van der Waals surface area contributed by atoms with Crippen molar-refractivity contribution in [2.24, 2.45) is 5.73 Å². The van der Waals surface area contributed by atoms with Gasteiger partial charge in [-0.15, -0.1) is 0 Å². The van der Waals surface area contributed by atoms with E-state index in [1.165, 1.54) is 16.7 Å². The molecule has 0 saturated carbocycles. The van der Waals surface area contributed by atoms with Crippen LogP contribution in [0.25, 0.3) is 11.1 Å². The van der Waals surface area contributed by atoms with E-state index in [1.807, 2.05) is 12.1 Å². The van der Waals surface area contributed by atoms with Crippen molar-refractivity contribution in [2.45, 2.75) is 31.8 Å². The van der Waals surface area contributed by atoms with Crippen LogP contribution in [0.4, 0.5) is 0 Å². The average molecular weight is 324 g/mol. The molecule has 24 heavy (non-hydrogen) atoms. The van der Waals surface area contributed by atoms with E-state index in [0.29, 0.717) is 32.6 Å². The van der Waals surface area contributed by atoms with Gasteiger partial charge in [0.15, 0.2) is 0 Å². The van der Waals surface area contributed by atoms with Gasteiger partial charge in [0.1, 0.15) is 0 Å². The predicted octanol–water partition coefficient (Wildman–Crippen LogP) is 2.79. The molecule has 0 spiro atoms. The van der Waals surface area contributed by atoms with Gasteiger partial charge in [0.05, 0.1) is 5.54 Å². The molecule has 1 heterocycles. The van der Waals surface area contributed by atoms with Gasteiger partial charge in [-0.2, -0.15) is 0 Å². The molecule has 0 atom stereocenters. The molecule has 2 aromatic rings. The van der Waals surface area contributed by atoms with E-state index in [2.05, 4.69) is 48.6 Å². The zero-order valence-electron chi connectivity index (χ0n) is 14.0. The van der Waals surface area contributed by atoms with Crippen LogP contribution in [-0.2, 0) is 16.1 Å². The maximum Gasteiger partial charge on any atom is 0.240 e. The fourth-order valence-corrected chi connectivity index (χ4v) is 2.96. The Labute approximate surface area is 143 Å². The summed E-state index contributed by atoms with van der Waals surface area (Å²) in [5.41, 5.74) is 10.1. The summed E-state index contributed by atoms with van der Waals surface area (Å²) in [6, 6.07) is 16.7. The van der Waals surface area contributed by atoms with Crippen LogP contribution in [0.1, 0.15) is 24.0 Å². The molecule has 0 aliphatic carbocycles. The maximum atomic E-state index is 12.3. The fraction of sp³-hybridized carbons (Fsp3) is 0.350. The molecule has 1 amide bonds. The summed E-state index contributed by atoms with van der Waals surface area (Å²) >= 11 is 0. The number of carbonyl (C=O) groups is 1. The second-order valence-electron chi connectivity index (χ2n) is 6.52. The highest BCUT2D eigenvalue weighted by Gasteiger charge is 2.35. The number of benzene rings is 2. The summed E-state index contributed by atoms with van der Waals surface area (Å²) < 4.78 is 5.28. The van der Waals surface area contributed by atoms with Crippen molar-refractivity contribution in [2.75, 3.05) is 13.2 Å². The monoisotopic (exact) mass is 324 g/mol. The van der Waals surface area contributed by atoms with Gasteiger partial charge in [-0.3, -0.25) is 4.79 Å². The normalized spacial score (nSPS) is 16.6. The number of aryl methyl sites for hydroxylation is 1. The molecule has 4 nitrogen and oxygen atoms in total. The summed E-state index contributed by atoms with van der Waals surface area (Å²) in [5, 5.41) is 2.96. The highest BCUT2D eigenvalue weighted by Crippen LogP contribution is 2.21. The third kappa shape index (κ3) is 3.83. The summed E-state index contributed by atoms with van der Waals surface area (Å²) in [5.74, 6) is -0.0893. The first-order chi connectivity index (χ1) is 11.6. The minimum absolute atomic E-state index is 0.0893. The number of rotatable bonds is 4. The lowest BCUT2D eigenvalue weighted by Gasteiger charge is -2.31. The van der Waals surface area contributed by atoms with Crippen LogP contribution < -0.4 is 11.1 Å². The molecule has 1 saturated heterocycles. The Hall–Kier alpha value is -2.17. The number of nitrogens with one attached hydrogen (secondary N) is 1. The third-order valence-electron chi connectivity index (χ3n) is 4.60. The molecule has 4 heteroatoms. The van der Waals surface area contributed by atoms with E-state index in [-0.39, 0.29) is 5.91 Å². The first kappa shape index (κ1) is 16.7. The molecule has 1 fully saturated rings. The standard InChI is InChI=1S/C20H24N2O2/c1-15-3-2-4-18(13-15)17-7-5-16(6-8-17)14-22-19(23)20(21)9-11-24-12-10-20/h2-8,13H,9-12,14,21H2,1H3,(H,22,23). The first-order valence-corrected chi connectivity index (χ1v) is 8.38. The van der Waals surface area contributed by atoms with Crippen molar-refractivity contribution in [1.29, 1.82) is 0 Å². The lowest BCUT2D eigenvalue weighted by atomic mass is 9.90. The van der Waals surface area contributed by atoms with E-state index in [9.17, 15) is 4.79 Å². The fourth-order valence-electron chi connectivity index (χ4n) is 2.96. The Morgan fingerprint density at radius 2 is 1.83 bits per heavy atom. The van der Waals surface area contributed by atoms with Gasteiger partial charge in [-0.05, 0) is 36.5 Å². The lowest BCUT2D eigenvalue weighted by Crippen LogP contribution is -2.56. The molecular formula is C20H24N2O2. The topological polar surface area (TPSA) is 64.4 Å². The van der Waals surface area contributed by atoms with Crippen molar-refractivity contribution >= 4 is 5.91 Å². The highest BCUT2D eigenvalue weighted by molar-refractivity contribution is 5.86. The van der Waals surface area contributed by atoms with Gasteiger partial charge in [0.25, 0.3) is 0 Å². The molecule has 1 aliphatic heterocycles. The first-order valence-electron chi connectivity index (χ1n) is 8.38. The van der Waals surface area contributed by atoms with Crippen molar-refractivity contribution in [3.8, 4) is 11.1 Å². The van der Waals surface area contributed by atoms with Gasteiger partial charge in [-0.1, -0.05) is 54.1 Å². The van der Waals surface area contributed by atoms with E-state index < -0.39 is 5.54 Å². The van der Waals surface area contributed by atoms with E-state index >= 15 is 0 Å². The van der Waals surface area contributed by atoms with Crippen LogP contribution in [0.3, 0.4) is 0 Å². The largest absolute Gasteiger partial charge is 0.381 e. The average Bonchev–Trinajstić information content (AvgIpc) is 2.61. The Balaban J connectivity index is 1.61. The van der Waals surface area contributed by atoms with E-state index in [0.717, 1.165) is 5.56 Å². The Morgan fingerprint density at radius 1 is 1.12 bits per heavy atom. The number of ether oxygens (including phenoxy) is 1. The molecular weight excluding hydrogens is 300 g/mol. The number of carbonyl (C=O) groups excluding carboxylic acids is 1. The molecule has 0 radical (unpaired) electrons. The Morgan fingerprint density at radius 3 is 2.50 bits per heavy atom. The molecule has 2 aromatic carbocycles. The van der Waals surface area contributed by atoms with Gasteiger partial charge in [-0.25, -0.2) is 0 Å². The zero-order valence-corrected chi connectivity index (χ0v) is 14.0. The molecule has 126 valence electrons. The van der Waals surface area contributed by atoms with Gasteiger partial charge in [0, 0.05) is 19.8 Å². The molecule has 0 unspecified atom stereocenters. The van der Waals surface area contributed by atoms with E-state index in [1.54, 1.807) is 0 Å². The number of amides is 1. The SMILES string of the molecule is Cc1cccc(-c2ccc(CNC(=O)C3(N)CCOCC3)cc2)c1. The number of hydrogen-bond donors (Lipinski definition) is 2. The predicted molar refractivity (Wildman–Crippen MR) is 95.4 cm³/mol. The van der Waals surface area contributed by atoms with Crippen LogP contribution in [-0.4, -0.2) is 24.7 Å². The molecule has 0 aromatic heterocycles. The quantitative estimate of drug-likeness (QED) is 0.909. The van der Waals surface area contributed by atoms with Crippen LogP contribution in [0, 0.1) is 6.92 Å². The second-order valence-corrected chi connectivity index (χ2v) is 6.52. The number of hydrogen-bond acceptors (Lipinski definition) is 3. The van der Waals surface area contributed by atoms with Crippen LogP contribution in [0.2, 0.25) is 0 Å². The molecule has 3 rings (SSSR count). The van der Waals surface area contributed by atoms with Crippen LogP contribution in [0.15, 0.2) is 48.5 Å². The van der Waals surface area contributed by atoms with E-state index in [4.69, 9.17) is 10.5 Å². The number of nitrogens with two attached hydrogens (primary N) is 1.